The second-order valence-electron chi connectivity index (χ2n) is 5.10. The molecule has 0 aromatic heterocycles. The van der Waals surface area contributed by atoms with Crippen LogP contribution in [0.15, 0.2) is 23.1 Å². The van der Waals surface area contributed by atoms with Gasteiger partial charge in [-0.3, -0.25) is 0 Å². The molecule has 0 radical (unpaired) electrons. The minimum absolute atomic E-state index is 0.0325. The molecule has 22 heavy (non-hydrogen) atoms. The first kappa shape index (κ1) is 17.2. The molecule has 0 amide bonds. The standard InChI is InChI=1S/C14H18ClNO5S/c1-9(12-4-3-7-21-12)16-22(18,19)13-6-5-10(8-11(13)15)14(17)20-2/h5-6,8-9,12,16H,3-4,7H2,1-2H3/t9-,12-/m0/s1. The highest BCUT2D eigenvalue weighted by Gasteiger charge is 2.28. The van der Waals surface area contributed by atoms with Gasteiger partial charge in [-0.2, -0.15) is 0 Å². The van der Waals surface area contributed by atoms with Crippen LogP contribution in [0.2, 0.25) is 5.02 Å². The fourth-order valence-corrected chi connectivity index (χ4v) is 4.16. The molecule has 0 saturated carbocycles. The van der Waals surface area contributed by atoms with Gasteiger partial charge in [0.2, 0.25) is 10.0 Å². The molecule has 122 valence electrons. The van der Waals surface area contributed by atoms with Gasteiger partial charge in [0.1, 0.15) is 4.90 Å². The van der Waals surface area contributed by atoms with Gasteiger partial charge in [0.15, 0.2) is 0 Å². The third kappa shape index (κ3) is 3.78. The molecule has 1 aliphatic heterocycles. The summed E-state index contributed by atoms with van der Waals surface area (Å²) in [5, 5.41) is -0.0325. The normalized spacial score (nSPS) is 19.9. The van der Waals surface area contributed by atoms with Crippen LogP contribution < -0.4 is 4.72 Å². The molecule has 1 saturated heterocycles. The SMILES string of the molecule is COC(=O)c1ccc(S(=O)(=O)N[C@@H](C)[C@@H]2CCCO2)c(Cl)c1. The lowest BCUT2D eigenvalue weighted by Gasteiger charge is -2.20. The van der Waals surface area contributed by atoms with Gasteiger partial charge >= 0.3 is 5.97 Å². The Bertz CT molecular complexity index is 655. The quantitative estimate of drug-likeness (QED) is 0.823. The molecular formula is C14H18ClNO5S. The van der Waals surface area contributed by atoms with Gasteiger partial charge in [0.05, 0.1) is 23.8 Å². The lowest BCUT2D eigenvalue weighted by molar-refractivity contribution is 0.0600. The van der Waals surface area contributed by atoms with Gasteiger partial charge in [0.25, 0.3) is 0 Å². The molecule has 6 nitrogen and oxygen atoms in total. The summed E-state index contributed by atoms with van der Waals surface area (Å²) in [4.78, 5) is 11.3. The molecule has 2 atom stereocenters. The summed E-state index contributed by atoms with van der Waals surface area (Å²) in [5.41, 5.74) is 0.193. The Balaban J connectivity index is 2.20. The highest BCUT2D eigenvalue weighted by atomic mass is 35.5. The molecule has 1 aliphatic rings. The number of hydrogen-bond donors (Lipinski definition) is 1. The Morgan fingerprint density at radius 2 is 2.23 bits per heavy atom. The van der Waals surface area contributed by atoms with Crippen molar-refractivity contribution in [1.29, 1.82) is 0 Å². The third-order valence-corrected chi connectivity index (χ3v) is 5.55. The van der Waals surface area contributed by atoms with Gasteiger partial charge < -0.3 is 9.47 Å². The number of halogens is 1. The van der Waals surface area contributed by atoms with Crippen LogP contribution >= 0.6 is 11.6 Å². The average Bonchev–Trinajstić information content (AvgIpc) is 2.99. The monoisotopic (exact) mass is 347 g/mol. The molecule has 2 rings (SSSR count). The van der Waals surface area contributed by atoms with Crippen LogP contribution in [0.5, 0.6) is 0 Å². The van der Waals surface area contributed by atoms with E-state index in [1.165, 1.54) is 25.3 Å². The van der Waals surface area contributed by atoms with Gasteiger partial charge in [-0.15, -0.1) is 0 Å². The molecule has 0 spiro atoms. The summed E-state index contributed by atoms with van der Waals surface area (Å²) in [7, 11) is -2.55. The van der Waals surface area contributed by atoms with Crippen molar-refractivity contribution >= 4 is 27.6 Å². The van der Waals surface area contributed by atoms with Crippen molar-refractivity contribution < 1.29 is 22.7 Å². The van der Waals surface area contributed by atoms with Gasteiger partial charge in [-0.05, 0) is 38.0 Å². The largest absolute Gasteiger partial charge is 0.465 e. The third-order valence-electron chi connectivity index (χ3n) is 3.51. The molecule has 0 bridgehead atoms. The van der Waals surface area contributed by atoms with Crippen molar-refractivity contribution in [3.8, 4) is 0 Å². The Morgan fingerprint density at radius 1 is 1.50 bits per heavy atom. The van der Waals surface area contributed by atoms with Gasteiger partial charge in [-0.1, -0.05) is 11.6 Å². The van der Waals surface area contributed by atoms with E-state index in [4.69, 9.17) is 16.3 Å². The first-order valence-corrected chi connectivity index (χ1v) is 8.73. The second kappa shape index (κ2) is 6.95. The van der Waals surface area contributed by atoms with Crippen molar-refractivity contribution in [3.05, 3.63) is 28.8 Å². The zero-order valence-corrected chi connectivity index (χ0v) is 13.9. The summed E-state index contributed by atoms with van der Waals surface area (Å²) in [6, 6.07) is 3.57. The molecule has 8 heteroatoms. The average molecular weight is 348 g/mol. The summed E-state index contributed by atoms with van der Waals surface area (Å²) in [5.74, 6) is -0.577. The van der Waals surface area contributed by atoms with Crippen LogP contribution in [-0.2, 0) is 19.5 Å². The first-order chi connectivity index (χ1) is 10.3. The van der Waals surface area contributed by atoms with Gasteiger partial charge in [0, 0.05) is 12.6 Å². The van der Waals surface area contributed by atoms with Crippen LogP contribution in [0.4, 0.5) is 0 Å². The fourth-order valence-electron chi connectivity index (χ4n) is 2.34. The number of methoxy groups -OCH3 is 1. The van der Waals surface area contributed by atoms with E-state index in [-0.39, 0.29) is 27.6 Å². The number of carbonyl (C=O) groups is 1. The highest BCUT2D eigenvalue weighted by molar-refractivity contribution is 7.89. The highest BCUT2D eigenvalue weighted by Crippen LogP contribution is 2.24. The maximum atomic E-state index is 12.4. The van der Waals surface area contributed by atoms with E-state index in [1.54, 1.807) is 6.92 Å². The zero-order valence-electron chi connectivity index (χ0n) is 12.3. The summed E-state index contributed by atoms with van der Waals surface area (Å²) < 4.78 is 37.4. The molecule has 1 heterocycles. The number of rotatable bonds is 5. The lowest BCUT2D eigenvalue weighted by atomic mass is 10.1. The molecule has 1 fully saturated rings. The first-order valence-electron chi connectivity index (χ1n) is 6.87. The smallest absolute Gasteiger partial charge is 0.337 e. The predicted molar refractivity (Wildman–Crippen MR) is 81.5 cm³/mol. The van der Waals surface area contributed by atoms with Crippen LogP contribution in [0.25, 0.3) is 0 Å². The Hall–Kier alpha value is -1.15. The predicted octanol–water partition coefficient (Wildman–Crippen LogP) is 1.97. The molecule has 1 aromatic carbocycles. The molecule has 0 unspecified atom stereocenters. The molecular weight excluding hydrogens is 330 g/mol. The number of hydrogen-bond acceptors (Lipinski definition) is 5. The number of benzene rings is 1. The lowest BCUT2D eigenvalue weighted by Crippen LogP contribution is -2.40. The summed E-state index contributed by atoms with van der Waals surface area (Å²) in [6.07, 6.45) is 1.60. The fraction of sp³-hybridized carbons (Fsp3) is 0.500. The van der Waals surface area contributed by atoms with E-state index >= 15 is 0 Å². The van der Waals surface area contributed by atoms with E-state index in [0.29, 0.717) is 6.61 Å². The molecule has 1 aromatic rings. The number of ether oxygens (including phenoxy) is 2. The van der Waals surface area contributed by atoms with Crippen LogP contribution in [0.3, 0.4) is 0 Å². The zero-order chi connectivity index (χ0) is 16.3. The van der Waals surface area contributed by atoms with Crippen molar-refractivity contribution in [2.45, 2.75) is 36.8 Å². The number of esters is 1. The number of nitrogens with one attached hydrogen (secondary N) is 1. The number of sulfonamides is 1. The molecule has 1 N–H and O–H groups in total. The molecule has 0 aliphatic carbocycles. The van der Waals surface area contributed by atoms with Crippen molar-refractivity contribution in [3.63, 3.8) is 0 Å². The maximum absolute atomic E-state index is 12.4. The van der Waals surface area contributed by atoms with Crippen LogP contribution in [0, 0.1) is 0 Å². The van der Waals surface area contributed by atoms with Crippen LogP contribution in [-0.4, -0.2) is 40.2 Å². The van der Waals surface area contributed by atoms with E-state index in [2.05, 4.69) is 9.46 Å². The topological polar surface area (TPSA) is 81.7 Å². The van der Waals surface area contributed by atoms with Crippen LogP contribution in [0.1, 0.15) is 30.1 Å². The minimum atomic E-state index is -3.79. The Kier molecular flexibility index (Phi) is 5.44. The van der Waals surface area contributed by atoms with Gasteiger partial charge in [-0.25, -0.2) is 17.9 Å². The summed E-state index contributed by atoms with van der Waals surface area (Å²) >= 11 is 6.00. The van der Waals surface area contributed by atoms with E-state index in [0.717, 1.165) is 12.8 Å². The van der Waals surface area contributed by atoms with E-state index < -0.39 is 16.0 Å². The summed E-state index contributed by atoms with van der Waals surface area (Å²) in [6.45, 7) is 2.40. The van der Waals surface area contributed by atoms with Crippen molar-refractivity contribution in [2.75, 3.05) is 13.7 Å². The van der Waals surface area contributed by atoms with Crippen molar-refractivity contribution in [2.24, 2.45) is 0 Å². The van der Waals surface area contributed by atoms with E-state index in [1.807, 2.05) is 0 Å². The minimum Gasteiger partial charge on any atom is -0.465 e. The second-order valence-corrected chi connectivity index (χ2v) is 7.19. The Morgan fingerprint density at radius 3 is 2.77 bits per heavy atom. The van der Waals surface area contributed by atoms with E-state index in [9.17, 15) is 13.2 Å². The maximum Gasteiger partial charge on any atom is 0.337 e. The Labute approximate surface area is 134 Å². The van der Waals surface area contributed by atoms with Crippen molar-refractivity contribution in [1.82, 2.24) is 4.72 Å². The number of carbonyl (C=O) groups excluding carboxylic acids is 1.